The zero-order chi connectivity index (χ0) is 15.7. The molecule has 3 rings (SSSR count). The average molecular weight is 305 g/mol. The SMILES string of the molecule is O=C(CC1(C(=O)O)CCC1)N1CCCC1c1ccc(F)cc1. The zero-order valence-corrected chi connectivity index (χ0v) is 12.4. The molecule has 22 heavy (non-hydrogen) atoms. The number of carboxylic acid groups (broad SMARTS) is 1. The van der Waals surface area contributed by atoms with E-state index in [0.29, 0.717) is 19.4 Å². The van der Waals surface area contributed by atoms with Gasteiger partial charge in [0.25, 0.3) is 0 Å². The number of rotatable bonds is 4. The van der Waals surface area contributed by atoms with E-state index >= 15 is 0 Å². The molecule has 5 heteroatoms. The van der Waals surface area contributed by atoms with Gasteiger partial charge in [-0.3, -0.25) is 9.59 Å². The second-order valence-electron chi connectivity index (χ2n) is 6.41. The summed E-state index contributed by atoms with van der Waals surface area (Å²) in [7, 11) is 0. The molecule has 1 saturated carbocycles. The van der Waals surface area contributed by atoms with Gasteiger partial charge in [-0.25, -0.2) is 4.39 Å². The first kappa shape index (κ1) is 15.0. The highest BCUT2D eigenvalue weighted by Crippen LogP contribution is 2.45. The molecule has 2 fully saturated rings. The van der Waals surface area contributed by atoms with Gasteiger partial charge in [-0.1, -0.05) is 18.6 Å². The van der Waals surface area contributed by atoms with Crippen molar-refractivity contribution in [1.29, 1.82) is 0 Å². The van der Waals surface area contributed by atoms with E-state index < -0.39 is 11.4 Å². The number of nitrogens with zero attached hydrogens (tertiary/aromatic N) is 1. The zero-order valence-electron chi connectivity index (χ0n) is 12.4. The summed E-state index contributed by atoms with van der Waals surface area (Å²) in [4.78, 5) is 25.8. The Morgan fingerprint density at radius 3 is 2.45 bits per heavy atom. The number of carbonyl (C=O) groups is 2. The molecule has 0 aromatic heterocycles. The summed E-state index contributed by atoms with van der Waals surface area (Å²) < 4.78 is 13.0. The Morgan fingerprint density at radius 1 is 1.23 bits per heavy atom. The Morgan fingerprint density at radius 2 is 1.91 bits per heavy atom. The van der Waals surface area contributed by atoms with Gasteiger partial charge < -0.3 is 10.0 Å². The number of aliphatic carboxylic acids is 1. The maximum absolute atomic E-state index is 13.0. The molecule has 4 nitrogen and oxygen atoms in total. The molecule has 1 amide bonds. The van der Waals surface area contributed by atoms with E-state index in [1.165, 1.54) is 12.1 Å². The van der Waals surface area contributed by atoms with Crippen LogP contribution in [0.25, 0.3) is 0 Å². The predicted octanol–water partition coefficient (Wildman–Crippen LogP) is 3.13. The van der Waals surface area contributed by atoms with Gasteiger partial charge in [0, 0.05) is 13.0 Å². The number of carbonyl (C=O) groups excluding carboxylic acids is 1. The van der Waals surface area contributed by atoms with Crippen LogP contribution in [0.5, 0.6) is 0 Å². The first-order valence-corrected chi connectivity index (χ1v) is 7.80. The molecule has 1 atom stereocenters. The van der Waals surface area contributed by atoms with E-state index in [2.05, 4.69) is 0 Å². The predicted molar refractivity (Wildman–Crippen MR) is 78.6 cm³/mol. The Hall–Kier alpha value is -1.91. The van der Waals surface area contributed by atoms with Crippen LogP contribution in [-0.4, -0.2) is 28.4 Å². The van der Waals surface area contributed by atoms with E-state index in [-0.39, 0.29) is 24.2 Å². The minimum atomic E-state index is -0.857. The summed E-state index contributed by atoms with van der Waals surface area (Å²) in [5.74, 6) is -1.24. The lowest BCUT2D eigenvalue weighted by Crippen LogP contribution is -2.43. The second-order valence-corrected chi connectivity index (χ2v) is 6.41. The molecule has 1 heterocycles. The highest BCUT2D eigenvalue weighted by Gasteiger charge is 2.47. The first-order valence-electron chi connectivity index (χ1n) is 7.80. The van der Waals surface area contributed by atoms with Crippen molar-refractivity contribution >= 4 is 11.9 Å². The summed E-state index contributed by atoms with van der Waals surface area (Å²) in [6.45, 7) is 0.649. The lowest BCUT2D eigenvalue weighted by Gasteiger charge is -2.38. The van der Waals surface area contributed by atoms with Crippen molar-refractivity contribution in [2.24, 2.45) is 5.41 Å². The standard InChI is InChI=1S/C17H20FNO3/c18-13-6-4-12(5-7-13)14-3-1-10-19(14)15(20)11-17(16(21)22)8-2-9-17/h4-7,14H,1-3,8-11H2,(H,21,22). The summed E-state index contributed by atoms with van der Waals surface area (Å²) in [5.41, 5.74) is 0.0674. The minimum Gasteiger partial charge on any atom is -0.481 e. The number of carboxylic acids is 1. The Labute approximate surface area is 128 Å². The van der Waals surface area contributed by atoms with Gasteiger partial charge in [0.1, 0.15) is 5.82 Å². The topological polar surface area (TPSA) is 57.6 Å². The van der Waals surface area contributed by atoms with E-state index in [9.17, 15) is 19.1 Å². The number of halogens is 1. The van der Waals surface area contributed by atoms with Crippen LogP contribution >= 0.6 is 0 Å². The summed E-state index contributed by atoms with van der Waals surface area (Å²) in [5, 5.41) is 9.38. The Kier molecular flexibility index (Phi) is 3.89. The highest BCUT2D eigenvalue weighted by molar-refractivity contribution is 5.86. The number of benzene rings is 1. The molecule has 118 valence electrons. The number of amides is 1. The molecule has 0 bridgehead atoms. The van der Waals surface area contributed by atoms with Crippen LogP contribution in [0.1, 0.15) is 50.1 Å². The highest BCUT2D eigenvalue weighted by atomic mass is 19.1. The van der Waals surface area contributed by atoms with Crippen molar-refractivity contribution in [3.05, 3.63) is 35.6 Å². The molecular formula is C17H20FNO3. The molecule has 1 aromatic rings. The van der Waals surface area contributed by atoms with E-state index in [0.717, 1.165) is 24.8 Å². The maximum atomic E-state index is 13.0. The fourth-order valence-electron chi connectivity index (χ4n) is 3.56. The molecule has 1 aliphatic carbocycles. The molecule has 1 saturated heterocycles. The van der Waals surface area contributed by atoms with Gasteiger partial charge in [0.05, 0.1) is 11.5 Å². The van der Waals surface area contributed by atoms with Gasteiger partial charge >= 0.3 is 5.97 Å². The quantitative estimate of drug-likeness (QED) is 0.929. The largest absolute Gasteiger partial charge is 0.481 e. The maximum Gasteiger partial charge on any atom is 0.310 e. The third kappa shape index (κ3) is 2.60. The lowest BCUT2D eigenvalue weighted by molar-refractivity contribution is -0.159. The van der Waals surface area contributed by atoms with Crippen LogP contribution in [0, 0.1) is 11.2 Å². The number of hydrogen-bond donors (Lipinski definition) is 1. The van der Waals surface area contributed by atoms with Crippen molar-refractivity contribution in [1.82, 2.24) is 4.90 Å². The molecule has 1 unspecified atom stereocenters. The van der Waals surface area contributed by atoms with E-state index in [4.69, 9.17) is 0 Å². The van der Waals surface area contributed by atoms with Crippen LogP contribution in [-0.2, 0) is 9.59 Å². The molecule has 1 N–H and O–H groups in total. The summed E-state index contributed by atoms with van der Waals surface area (Å²) in [6.07, 6.45) is 3.87. The van der Waals surface area contributed by atoms with Crippen molar-refractivity contribution in [2.75, 3.05) is 6.54 Å². The average Bonchev–Trinajstić information content (AvgIpc) is 2.92. The van der Waals surface area contributed by atoms with Gasteiger partial charge in [-0.05, 0) is 43.4 Å². The molecule has 0 radical (unpaired) electrons. The molecule has 1 aromatic carbocycles. The van der Waals surface area contributed by atoms with Crippen molar-refractivity contribution in [3.8, 4) is 0 Å². The monoisotopic (exact) mass is 305 g/mol. The summed E-state index contributed by atoms with van der Waals surface area (Å²) >= 11 is 0. The smallest absolute Gasteiger partial charge is 0.310 e. The molecule has 1 aliphatic heterocycles. The third-order valence-corrected chi connectivity index (χ3v) is 5.08. The van der Waals surface area contributed by atoms with Gasteiger partial charge in [-0.15, -0.1) is 0 Å². The van der Waals surface area contributed by atoms with Crippen LogP contribution in [0.4, 0.5) is 4.39 Å². The summed E-state index contributed by atoms with van der Waals surface area (Å²) in [6, 6.07) is 6.17. The first-order chi connectivity index (χ1) is 10.5. The minimum absolute atomic E-state index is 0.0565. The second kappa shape index (κ2) is 5.71. The Balaban J connectivity index is 1.74. The molecule has 0 spiro atoms. The van der Waals surface area contributed by atoms with Crippen LogP contribution in [0.2, 0.25) is 0 Å². The molecule has 2 aliphatic rings. The fraction of sp³-hybridized carbons (Fsp3) is 0.529. The van der Waals surface area contributed by atoms with Gasteiger partial charge in [0.15, 0.2) is 0 Å². The van der Waals surface area contributed by atoms with E-state index in [1.807, 2.05) is 0 Å². The lowest BCUT2D eigenvalue weighted by atomic mass is 9.66. The van der Waals surface area contributed by atoms with Gasteiger partial charge in [0.2, 0.25) is 5.91 Å². The number of likely N-dealkylation sites (tertiary alicyclic amines) is 1. The molecular weight excluding hydrogens is 285 g/mol. The normalized spacial score (nSPS) is 23.1. The van der Waals surface area contributed by atoms with Crippen molar-refractivity contribution < 1.29 is 19.1 Å². The van der Waals surface area contributed by atoms with Crippen LogP contribution in [0.15, 0.2) is 24.3 Å². The van der Waals surface area contributed by atoms with Crippen LogP contribution < -0.4 is 0 Å². The number of hydrogen-bond acceptors (Lipinski definition) is 2. The van der Waals surface area contributed by atoms with Crippen molar-refractivity contribution in [3.63, 3.8) is 0 Å². The Bertz CT molecular complexity index is 580. The third-order valence-electron chi connectivity index (χ3n) is 5.08. The fourth-order valence-corrected chi connectivity index (χ4v) is 3.56. The van der Waals surface area contributed by atoms with Gasteiger partial charge in [-0.2, -0.15) is 0 Å². The van der Waals surface area contributed by atoms with E-state index in [1.54, 1.807) is 17.0 Å². The van der Waals surface area contributed by atoms with Crippen LogP contribution in [0.3, 0.4) is 0 Å². The van der Waals surface area contributed by atoms with Crippen molar-refractivity contribution in [2.45, 2.75) is 44.6 Å².